The molecular weight excluding hydrogens is 386 g/mol. The van der Waals surface area contributed by atoms with Crippen LogP contribution in [-0.4, -0.2) is 32.3 Å². The summed E-state index contributed by atoms with van der Waals surface area (Å²) in [4.78, 5) is 28.9. The van der Waals surface area contributed by atoms with Crippen LogP contribution in [0, 0.1) is 5.41 Å². The molecular formula is C25H29N5O. The maximum Gasteiger partial charge on any atom is 0.223 e. The molecule has 0 unspecified atom stereocenters. The summed E-state index contributed by atoms with van der Waals surface area (Å²) < 4.78 is 0. The first-order chi connectivity index (χ1) is 14.9. The van der Waals surface area contributed by atoms with Crippen LogP contribution < -0.4 is 5.32 Å². The highest BCUT2D eigenvalue weighted by Crippen LogP contribution is 2.34. The number of anilines is 2. The average Bonchev–Trinajstić information content (AvgIpc) is 3.24. The fraction of sp³-hybridized carbons (Fsp3) is 0.360. The standard InChI is InChI=1S/C25H29N5O/c1-25(2,3)16-23(31)30-14-8-12-21(30)24-28-20(18-9-7-13-26-17-18)15-22(29-24)27-19-10-5-4-6-11-19/h4-7,9-11,13,15,17,21H,8,12,14,16H2,1-3H3,(H,27,28,29)/t21-/m0/s1. The summed E-state index contributed by atoms with van der Waals surface area (Å²) in [6, 6.07) is 15.7. The third-order valence-corrected chi connectivity index (χ3v) is 5.30. The molecule has 1 N–H and O–H groups in total. The quantitative estimate of drug-likeness (QED) is 0.606. The Morgan fingerprint density at radius 3 is 2.65 bits per heavy atom. The van der Waals surface area contributed by atoms with Gasteiger partial charge in [-0.2, -0.15) is 0 Å². The number of hydrogen-bond donors (Lipinski definition) is 1. The molecule has 4 rings (SSSR count). The number of pyridine rings is 1. The monoisotopic (exact) mass is 415 g/mol. The fourth-order valence-electron chi connectivity index (χ4n) is 3.90. The summed E-state index contributed by atoms with van der Waals surface area (Å²) in [6.07, 6.45) is 5.90. The van der Waals surface area contributed by atoms with E-state index in [4.69, 9.17) is 9.97 Å². The number of para-hydroxylation sites is 1. The van der Waals surface area contributed by atoms with Gasteiger partial charge >= 0.3 is 0 Å². The van der Waals surface area contributed by atoms with Crippen LogP contribution >= 0.6 is 0 Å². The minimum Gasteiger partial charge on any atom is -0.340 e. The average molecular weight is 416 g/mol. The second kappa shape index (κ2) is 8.84. The first-order valence-electron chi connectivity index (χ1n) is 10.8. The van der Waals surface area contributed by atoms with E-state index in [0.717, 1.165) is 36.3 Å². The molecule has 1 aliphatic rings. The lowest BCUT2D eigenvalue weighted by Crippen LogP contribution is -2.34. The van der Waals surface area contributed by atoms with Gasteiger partial charge in [-0.3, -0.25) is 9.78 Å². The SMILES string of the molecule is CC(C)(C)CC(=O)N1CCC[C@H]1c1nc(Nc2ccccc2)cc(-c2cccnc2)n1. The molecule has 0 bridgehead atoms. The topological polar surface area (TPSA) is 71.0 Å². The normalized spacial score (nSPS) is 16.4. The van der Waals surface area contributed by atoms with E-state index in [1.54, 1.807) is 12.4 Å². The lowest BCUT2D eigenvalue weighted by molar-refractivity contribution is -0.134. The Morgan fingerprint density at radius 2 is 1.94 bits per heavy atom. The van der Waals surface area contributed by atoms with Crippen molar-refractivity contribution in [3.63, 3.8) is 0 Å². The molecule has 1 aromatic carbocycles. The van der Waals surface area contributed by atoms with Crippen LogP contribution in [0.1, 0.15) is 51.9 Å². The van der Waals surface area contributed by atoms with Crippen LogP contribution in [0.2, 0.25) is 0 Å². The molecule has 1 atom stereocenters. The smallest absolute Gasteiger partial charge is 0.223 e. The summed E-state index contributed by atoms with van der Waals surface area (Å²) in [5.41, 5.74) is 2.62. The minimum atomic E-state index is -0.109. The van der Waals surface area contributed by atoms with E-state index in [0.29, 0.717) is 18.1 Å². The molecule has 2 aromatic heterocycles. The molecule has 0 radical (unpaired) electrons. The van der Waals surface area contributed by atoms with E-state index < -0.39 is 0 Å². The van der Waals surface area contributed by atoms with Gasteiger partial charge in [0.05, 0.1) is 11.7 Å². The van der Waals surface area contributed by atoms with E-state index in [1.165, 1.54) is 0 Å². The van der Waals surface area contributed by atoms with E-state index in [-0.39, 0.29) is 17.4 Å². The van der Waals surface area contributed by atoms with E-state index in [1.807, 2.05) is 53.4 Å². The Morgan fingerprint density at radius 1 is 1.13 bits per heavy atom. The number of aromatic nitrogens is 3. The first kappa shape index (κ1) is 21.0. The third-order valence-electron chi connectivity index (χ3n) is 5.30. The van der Waals surface area contributed by atoms with Crippen molar-refractivity contribution in [2.45, 2.75) is 46.1 Å². The van der Waals surface area contributed by atoms with Gasteiger partial charge in [0.1, 0.15) is 5.82 Å². The summed E-state index contributed by atoms with van der Waals surface area (Å²) in [5.74, 6) is 1.56. The van der Waals surface area contributed by atoms with E-state index in [2.05, 4.69) is 31.1 Å². The van der Waals surface area contributed by atoms with Crippen LogP contribution in [0.15, 0.2) is 60.9 Å². The molecule has 0 saturated carbocycles. The van der Waals surface area contributed by atoms with Gasteiger partial charge in [-0.25, -0.2) is 9.97 Å². The maximum absolute atomic E-state index is 13.0. The Labute approximate surface area is 183 Å². The van der Waals surface area contributed by atoms with Crippen LogP contribution in [-0.2, 0) is 4.79 Å². The van der Waals surface area contributed by atoms with Gasteiger partial charge in [0.2, 0.25) is 5.91 Å². The Hall–Kier alpha value is -3.28. The molecule has 3 heterocycles. The zero-order valence-corrected chi connectivity index (χ0v) is 18.4. The van der Waals surface area contributed by atoms with Gasteiger partial charge in [0.25, 0.3) is 0 Å². The second-order valence-corrected chi connectivity index (χ2v) is 9.21. The van der Waals surface area contributed by atoms with Crippen molar-refractivity contribution in [3.05, 3.63) is 66.7 Å². The molecule has 1 fully saturated rings. The number of likely N-dealkylation sites (tertiary alicyclic amines) is 1. The summed E-state index contributed by atoms with van der Waals surface area (Å²) in [5, 5.41) is 3.39. The highest BCUT2D eigenvalue weighted by molar-refractivity contribution is 5.77. The van der Waals surface area contributed by atoms with Crippen molar-refractivity contribution in [2.24, 2.45) is 5.41 Å². The molecule has 1 saturated heterocycles. The number of nitrogens with one attached hydrogen (secondary N) is 1. The highest BCUT2D eigenvalue weighted by atomic mass is 16.2. The lowest BCUT2D eigenvalue weighted by Gasteiger charge is -2.27. The number of rotatable bonds is 5. The molecule has 1 aliphatic heterocycles. The number of hydrogen-bond acceptors (Lipinski definition) is 5. The number of carbonyl (C=O) groups excluding carboxylic acids is 1. The number of amides is 1. The minimum absolute atomic E-state index is 0.0529. The Kier molecular flexibility index (Phi) is 5.98. The van der Waals surface area contributed by atoms with Crippen LogP contribution in [0.4, 0.5) is 11.5 Å². The largest absolute Gasteiger partial charge is 0.340 e. The van der Waals surface area contributed by atoms with Crippen LogP contribution in [0.5, 0.6) is 0 Å². The number of carbonyl (C=O) groups is 1. The van der Waals surface area contributed by atoms with Gasteiger partial charge < -0.3 is 10.2 Å². The summed E-state index contributed by atoms with van der Waals surface area (Å²) >= 11 is 0. The molecule has 160 valence electrons. The summed E-state index contributed by atoms with van der Waals surface area (Å²) in [6.45, 7) is 7.04. The van der Waals surface area contributed by atoms with Crippen molar-refractivity contribution in [3.8, 4) is 11.3 Å². The van der Waals surface area contributed by atoms with Crippen molar-refractivity contribution in [1.29, 1.82) is 0 Å². The molecule has 1 amide bonds. The predicted octanol–water partition coefficient (Wildman–Crippen LogP) is 5.38. The van der Waals surface area contributed by atoms with Gasteiger partial charge in [-0.15, -0.1) is 0 Å². The fourth-order valence-corrected chi connectivity index (χ4v) is 3.90. The number of nitrogens with zero attached hydrogens (tertiary/aromatic N) is 4. The molecule has 0 aliphatic carbocycles. The Balaban J connectivity index is 1.70. The van der Waals surface area contributed by atoms with Crippen molar-refractivity contribution >= 4 is 17.4 Å². The first-order valence-corrected chi connectivity index (χ1v) is 10.8. The van der Waals surface area contributed by atoms with Crippen molar-refractivity contribution in [1.82, 2.24) is 19.9 Å². The van der Waals surface area contributed by atoms with Gasteiger partial charge in [-0.05, 0) is 42.5 Å². The molecule has 6 nitrogen and oxygen atoms in total. The molecule has 6 heteroatoms. The van der Waals surface area contributed by atoms with Crippen molar-refractivity contribution < 1.29 is 4.79 Å². The molecule has 31 heavy (non-hydrogen) atoms. The lowest BCUT2D eigenvalue weighted by atomic mass is 9.91. The highest BCUT2D eigenvalue weighted by Gasteiger charge is 2.34. The molecule has 0 spiro atoms. The predicted molar refractivity (Wildman–Crippen MR) is 123 cm³/mol. The third kappa shape index (κ3) is 5.26. The van der Waals surface area contributed by atoms with E-state index >= 15 is 0 Å². The zero-order valence-electron chi connectivity index (χ0n) is 18.4. The van der Waals surface area contributed by atoms with Crippen molar-refractivity contribution in [2.75, 3.05) is 11.9 Å². The van der Waals surface area contributed by atoms with Crippen LogP contribution in [0.25, 0.3) is 11.3 Å². The van der Waals surface area contributed by atoms with Gasteiger partial charge in [0, 0.05) is 42.7 Å². The maximum atomic E-state index is 13.0. The summed E-state index contributed by atoms with van der Waals surface area (Å²) in [7, 11) is 0. The van der Waals surface area contributed by atoms with Crippen LogP contribution in [0.3, 0.4) is 0 Å². The molecule has 3 aromatic rings. The van der Waals surface area contributed by atoms with Gasteiger partial charge in [-0.1, -0.05) is 39.0 Å². The van der Waals surface area contributed by atoms with Gasteiger partial charge in [0.15, 0.2) is 5.82 Å². The van der Waals surface area contributed by atoms with E-state index in [9.17, 15) is 4.79 Å². The zero-order chi connectivity index (χ0) is 21.8. The second-order valence-electron chi connectivity index (χ2n) is 9.21. The number of benzene rings is 1. The Bertz CT molecular complexity index is 1030.